The molecule has 4 nitrogen and oxygen atoms in total. The molecule has 0 aromatic carbocycles. The van der Waals surface area contributed by atoms with E-state index < -0.39 is 0 Å². The van der Waals surface area contributed by atoms with Gasteiger partial charge in [-0.15, -0.1) is 0 Å². The number of hydrogen-bond acceptors (Lipinski definition) is 3. The summed E-state index contributed by atoms with van der Waals surface area (Å²) in [5, 5.41) is 6.35. The van der Waals surface area contributed by atoms with E-state index in [1.807, 2.05) is 0 Å². The van der Waals surface area contributed by atoms with E-state index >= 15 is 0 Å². The summed E-state index contributed by atoms with van der Waals surface area (Å²) in [5.74, 6) is 0.186. The highest BCUT2D eigenvalue weighted by atomic mass is 16.5. The Labute approximate surface area is 103 Å². The molecule has 1 amide bonds. The lowest BCUT2D eigenvalue weighted by molar-refractivity contribution is -0.123. The predicted molar refractivity (Wildman–Crippen MR) is 66.8 cm³/mol. The van der Waals surface area contributed by atoms with Crippen molar-refractivity contribution in [3.05, 3.63) is 0 Å². The van der Waals surface area contributed by atoms with Crippen molar-refractivity contribution in [2.45, 2.75) is 44.6 Å². The fraction of sp³-hybridized carbons (Fsp3) is 0.923. The number of nitrogens with one attached hydrogen (secondary N) is 2. The van der Waals surface area contributed by atoms with Gasteiger partial charge >= 0.3 is 0 Å². The molecule has 4 heteroatoms. The molecule has 2 fully saturated rings. The summed E-state index contributed by atoms with van der Waals surface area (Å²) >= 11 is 0. The summed E-state index contributed by atoms with van der Waals surface area (Å²) in [5.41, 5.74) is 0.324. The summed E-state index contributed by atoms with van der Waals surface area (Å²) in [4.78, 5) is 11.9. The lowest BCUT2D eigenvalue weighted by Gasteiger charge is -2.42. The van der Waals surface area contributed by atoms with Gasteiger partial charge in [-0.3, -0.25) is 4.79 Å². The van der Waals surface area contributed by atoms with Crippen molar-refractivity contribution in [1.29, 1.82) is 0 Å². The summed E-state index contributed by atoms with van der Waals surface area (Å²) in [6, 6.07) is 0.0505. The van der Waals surface area contributed by atoms with Crippen molar-refractivity contribution in [2.24, 2.45) is 5.41 Å². The second-order valence-corrected chi connectivity index (χ2v) is 5.46. The maximum Gasteiger partial charge on any atom is 0.237 e. The first-order chi connectivity index (χ1) is 8.26. The van der Waals surface area contributed by atoms with Gasteiger partial charge in [-0.1, -0.05) is 6.42 Å². The third kappa shape index (κ3) is 3.19. The number of carbonyl (C=O) groups excluding carboxylic acids is 1. The molecule has 2 aliphatic rings. The maximum atomic E-state index is 11.9. The molecule has 0 radical (unpaired) electrons. The molecule has 1 saturated carbocycles. The van der Waals surface area contributed by atoms with Crippen molar-refractivity contribution >= 4 is 5.91 Å². The molecule has 0 bridgehead atoms. The Morgan fingerprint density at radius 2 is 2.29 bits per heavy atom. The van der Waals surface area contributed by atoms with Gasteiger partial charge in [0.15, 0.2) is 0 Å². The van der Waals surface area contributed by atoms with Crippen LogP contribution in [0.25, 0.3) is 0 Å². The molecule has 2 N–H and O–H groups in total. The van der Waals surface area contributed by atoms with Crippen LogP contribution in [0.5, 0.6) is 0 Å². The Kier molecular flexibility index (Phi) is 4.40. The number of methoxy groups -OCH3 is 1. The Hall–Kier alpha value is -0.610. The zero-order valence-corrected chi connectivity index (χ0v) is 10.8. The molecule has 0 spiro atoms. The van der Waals surface area contributed by atoms with Gasteiger partial charge in [-0.05, 0) is 44.1 Å². The SMILES string of the molecule is COCCC1(CNC(=O)C2CCCN2)CCC1. The van der Waals surface area contributed by atoms with E-state index in [2.05, 4.69) is 10.6 Å². The van der Waals surface area contributed by atoms with E-state index in [9.17, 15) is 4.79 Å². The van der Waals surface area contributed by atoms with Crippen molar-refractivity contribution in [3.8, 4) is 0 Å². The molecule has 0 aromatic heterocycles. The third-order valence-corrected chi connectivity index (χ3v) is 4.27. The van der Waals surface area contributed by atoms with Crippen LogP contribution in [-0.2, 0) is 9.53 Å². The Morgan fingerprint density at radius 3 is 2.82 bits per heavy atom. The van der Waals surface area contributed by atoms with Gasteiger partial charge in [0.25, 0.3) is 0 Å². The highest BCUT2D eigenvalue weighted by Crippen LogP contribution is 2.43. The molecule has 98 valence electrons. The quantitative estimate of drug-likeness (QED) is 0.730. The van der Waals surface area contributed by atoms with Crippen molar-refractivity contribution in [3.63, 3.8) is 0 Å². The normalized spacial score (nSPS) is 26.5. The lowest BCUT2D eigenvalue weighted by Crippen LogP contribution is -2.47. The number of hydrogen-bond donors (Lipinski definition) is 2. The third-order valence-electron chi connectivity index (χ3n) is 4.27. The molecule has 0 aromatic rings. The number of rotatable bonds is 6. The van der Waals surface area contributed by atoms with Gasteiger partial charge in [0.1, 0.15) is 0 Å². The molecule has 1 heterocycles. The van der Waals surface area contributed by atoms with Crippen molar-refractivity contribution in [1.82, 2.24) is 10.6 Å². The monoisotopic (exact) mass is 240 g/mol. The van der Waals surface area contributed by atoms with Crippen LogP contribution in [0.3, 0.4) is 0 Å². The van der Waals surface area contributed by atoms with Crippen LogP contribution < -0.4 is 10.6 Å². The Bertz CT molecular complexity index is 258. The van der Waals surface area contributed by atoms with Crippen LogP contribution in [-0.4, -0.2) is 38.8 Å². The smallest absolute Gasteiger partial charge is 0.237 e. The van der Waals surface area contributed by atoms with Crippen LogP contribution >= 0.6 is 0 Å². The fourth-order valence-electron chi connectivity index (χ4n) is 2.82. The topological polar surface area (TPSA) is 50.4 Å². The molecule has 1 aliphatic carbocycles. The van der Waals surface area contributed by atoms with Gasteiger partial charge < -0.3 is 15.4 Å². The summed E-state index contributed by atoms with van der Waals surface area (Å²) in [7, 11) is 1.74. The standard InChI is InChI=1S/C13H24N2O2/c1-17-9-7-13(5-3-6-13)10-15-12(16)11-4-2-8-14-11/h11,14H,2-10H2,1H3,(H,15,16). The highest BCUT2D eigenvalue weighted by Gasteiger charge is 2.37. The first-order valence-electron chi connectivity index (χ1n) is 6.76. The first-order valence-corrected chi connectivity index (χ1v) is 6.76. The number of ether oxygens (including phenoxy) is 1. The molecule has 1 aliphatic heterocycles. The second-order valence-electron chi connectivity index (χ2n) is 5.46. The summed E-state index contributed by atoms with van der Waals surface area (Å²) < 4.78 is 5.15. The lowest BCUT2D eigenvalue weighted by atomic mass is 9.66. The van der Waals surface area contributed by atoms with Gasteiger partial charge in [0.05, 0.1) is 6.04 Å². The molecule has 17 heavy (non-hydrogen) atoms. The van der Waals surface area contributed by atoms with E-state index in [-0.39, 0.29) is 11.9 Å². The zero-order chi connectivity index (χ0) is 12.1. The molecular formula is C13H24N2O2. The molecule has 2 rings (SSSR count). The minimum absolute atomic E-state index is 0.0505. The Morgan fingerprint density at radius 1 is 1.47 bits per heavy atom. The van der Waals surface area contributed by atoms with E-state index in [1.54, 1.807) is 7.11 Å². The van der Waals surface area contributed by atoms with Crippen LogP contribution in [0.2, 0.25) is 0 Å². The van der Waals surface area contributed by atoms with E-state index in [0.29, 0.717) is 5.41 Å². The highest BCUT2D eigenvalue weighted by molar-refractivity contribution is 5.82. The van der Waals surface area contributed by atoms with Crippen molar-refractivity contribution < 1.29 is 9.53 Å². The largest absolute Gasteiger partial charge is 0.385 e. The van der Waals surface area contributed by atoms with Gasteiger partial charge in [-0.25, -0.2) is 0 Å². The van der Waals surface area contributed by atoms with E-state index in [1.165, 1.54) is 19.3 Å². The average Bonchev–Trinajstić information content (AvgIpc) is 2.80. The summed E-state index contributed by atoms with van der Waals surface area (Å²) in [6.45, 7) is 2.61. The molecular weight excluding hydrogens is 216 g/mol. The average molecular weight is 240 g/mol. The zero-order valence-electron chi connectivity index (χ0n) is 10.8. The van der Waals surface area contributed by atoms with Gasteiger partial charge in [0.2, 0.25) is 5.91 Å². The molecule has 1 saturated heterocycles. The van der Waals surface area contributed by atoms with Crippen LogP contribution in [0, 0.1) is 5.41 Å². The molecule has 1 unspecified atom stereocenters. The van der Waals surface area contributed by atoms with Gasteiger partial charge in [0, 0.05) is 20.3 Å². The summed E-state index contributed by atoms with van der Waals surface area (Å²) in [6.07, 6.45) is 6.93. The van der Waals surface area contributed by atoms with Gasteiger partial charge in [-0.2, -0.15) is 0 Å². The minimum atomic E-state index is 0.0505. The minimum Gasteiger partial charge on any atom is -0.385 e. The predicted octanol–water partition coefficient (Wildman–Crippen LogP) is 1.06. The maximum absolute atomic E-state index is 11.9. The van der Waals surface area contributed by atoms with Crippen LogP contribution in [0.1, 0.15) is 38.5 Å². The fourth-order valence-corrected chi connectivity index (χ4v) is 2.82. The molecule has 1 atom stereocenters. The van der Waals surface area contributed by atoms with Crippen molar-refractivity contribution in [2.75, 3.05) is 26.8 Å². The van der Waals surface area contributed by atoms with Crippen LogP contribution in [0.15, 0.2) is 0 Å². The Balaban J connectivity index is 1.73. The van der Waals surface area contributed by atoms with Crippen LogP contribution in [0.4, 0.5) is 0 Å². The number of carbonyl (C=O) groups is 1. The van der Waals surface area contributed by atoms with E-state index in [0.717, 1.165) is 39.0 Å². The second kappa shape index (κ2) is 5.83. The van der Waals surface area contributed by atoms with E-state index in [4.69, 9.17) is 4.74 Å². The first kappa shape index (κ1) is 12.8. The number of amides is 1.